The van der Waals surface area contributed by atoms with Gasteiger partial charge < -0.3 is 4.74 Å². The van der Waals surface area contributed by atoms with Crippen LogP contribution in [0.2, 0.25) is 0 Å². The van der Waals surface area contributed by atoms with Crippen LogP contribution in [0.5, 0.6) is 5.88 Å². The van der Waals surface area contributed by atoms with Gasteiger partial charge in [-0.15, -0.1) is 0 Å². The molecule has 0 aromatic carbocycles. The Morgan fingerprint density at radius 2 is 2.12 bits per heavy atom. The maximum atomic E-state index is 11.6. The standard InChI is InChI=1S/C10H10BN3O2/c1-5-12-8-6(9(13-5)16-3)4-7(11)10(15)14(8)2/h4H,1-3H3. The highest BCUT2D eigenvalue weighted by Gasteiger charge is 2.10. The average Bonchev–Trinajstić information content (AvgIpc) is 2.26. The monoisotopic (exact) mass is 215 g/mol. The summed E-state index contributed by atoms with van der Waals surface area (Å²) in [4.78, 5) is 20.0. The van der Waals surface area contributed by atoms with Crippen LogP contribution in [0.1, 0.15) is 5.82 Å². The van der Waals surface area contributed by atoms with Crippen molar-refractivity contribution < 1.29 is 4.74 Å². The predicted octanol–water partition coefficient (Wildman–Crippen LogP) is -0.561. The molecule has 0 unspecified atom stereocenters. The molecule has 0 amide bonds. The van der Waals surface area contributed by atoms with Gasteiger partial charge in [0.25, 0.3) is 0 Å². The Kier molecular flexibility index (Phi) is 2.42. The zero-order chi connectivity index (χ0) is 11.9. The molecule has 2 rings (SSSR count). The Bertz CT molecular complexity index is 621. The third-order valence-electron chi connectivity index (χ3n) is 2.36. The molecule has 80 valence electrons. The van der Waals surface area contributed by atoms with Gasteiger partial charge in [-0.25, -0.2) is 4.98 Å². The first kappa shape index (κ1) is 10.7. The summed E-state index contributed by atoms with van der Waals surface area (Å²) in [6.45, 7) is 1.74. The van der Waals surface area contributed by atoms with Gasteiger partial charge in [0, 0.05) is 7.05 Å². The highest BCUT2D eigenvalue weighted by atomic mass is 16.5. The summed E-state index contributed by atoms with van der Waals surface area (Å²) in [6.07, 6.45) is 0. The van der Waals surface area contributed by atoms with E-state index in [9.17, 15) is 4.79 Å². The minimum absolute atomic E-state index is 0.153. The Hall–Kier alpha value is -1.85. The van der Waals surface area contributed by atoms with Gasteiger partial charge in [-0.05, 0) is 18.5 Å². The van der Waals surface area contributed by atoms with E-state index in [4.69, 9.17) is 12.6 Å². The molecule has 5 nitrogen and oxygen atoms in total. The molecule has 0 saturated heterocycles. The van der Waals surface area contributed by atoms with Gasteiger partial charge in [0.2, 0.25) is 11.4 Å². The van der Waals surface area contributed by atoms with E-state index in [0.717, 1.165) is 0 Å². The smallest absolute Gasteiger partial charge is 0.244 e. The SMILES string of the molecule is [B]c1cc2c(OC)nc(C)nc2n(C)c1=O. The minimum atomic E-state index is -0.271. The molecule has 16 heavy (non-hydrogen) atoms. The summed E-state index contributed by atoms with van der Waals surface area (Å²) in [5.41, 5.74) is 0.400. The minimum Gasteiger partial charge on any atom is -0.480 e. The fourth-order valence-corrected chi connectivity index (χ4v) is 1.59. The Labute approximate surface area is 93.5 Å². The Balaban J connectivity index is 3.00. The summed E-state index contributed by atoms with van der Waals surface area (Å²) in [6, 6.07) is 1.54. The second-order valence-electron chi connectivity index (χ2n) is 3.48. The van der Waals surface area contributed by atoms with Crippen LogP contribution in [0, 0.1) is 6.92 Å². The molecule has 0 atom stereocenters. The average molecular weight is 215 g/mol. The van der Waals surface area contributed by atoms with E-state index in [-0.39, 0.29) is 11.0 Å². The molecule has 0 aliphatic rings. The summed E-state index contributed by atoms with van der Waals surface area (Å²) in [5.74, 6) is 0.967. The van der Waals surface area contributed by atoms with Crippen molar-refractivity contribution in [1.29, 1.82) is 0 Å². The van der Waals surface area contributed by atoms with Gasteiger partial charge in [-0.3, -0.25) is 9.36 Å². The number of hydrogen-bond acceptors (Lipinski definition) is 4. The van der Waals surface area contributed by atoms with E-state index < -0.39 is 0 Å². The summed E-state index contributed by atoms with van der Waals surface area (Å²) >= 11 is 0. The van der Waals surface area contributed by atoms with Crippen molar-refractivity contribution in [3.63, 3.8) is 0 Å². The highest BCUT2D eigenvalue weighted by molar-refractivity contribution is 6.32. The molecule has 2 aromatic heterocycles. The quantitative estimate of drug-likeness (QED) is 0.598. The van der Waals surface area contributed by atoms with Gasteiger partial charge in [0.15, 0.2) is 0 Å². The van der Waals surface area contributed by atoms with Crippen molar-refractivity contribution in [3.8, 4) is 5.88 Å². The number of aryl methyl sites for hydroxylation is 2. The van der Waals surface area contributed by atoms with Crippen molar-refractivity contribution in [2.45, 2.75) is 6.92 Å². The van der Waals surface area contributed by atoms with Crippen LogP contribution >= 0.6 is 0 Å². The van der Waals surface area contributed by atoms with Crippen LogP contribution in [0.3, 0.4) is 0 Å². The maximum absolute atomic E-state index is 11.6. The molecule has 0 saturated carbocycles. The first-order valence-corrected chi connectivity index (χ1v) is 4.72. The molecule has 6 heteroatoms. The van der Waals surface area contributed by atoms with Crippen LogP contribution in [0.15, 0.2) is 10.9 Å². The number of rotatable bonds is 1. The summed E-state index contributed by atoms with van der Waals surface area (Å²) < 4.78 is 6.53. The van der Waals surface area contributed by atoms with Crippen LogP contribution < -0.4 is 15.8 Å². The number of pyridine rings is 1. The van der Waals surface area contributed by atoms with Crippen molar-refractivity contribution in [2.75, 3.05) is 7.11 Å². The fourth-order valence-electron chi connectivity index (χ4n) is 1.59. The molecule has 2 aromatic rings. The number of methoxy groups -OCH3 is 1. The number of fused-ring (bicyclic) bond motifs is 1. The molecule has 0 spiro atoms. The lowest BCUT2D eigenvalue weighted by molar-refractivity contribution is 0.401. The lowest BCUT2D eigenvalue weighted by Gasteiger charge is -2.09. The summed E-state index contributed by atoms with van der Waals surface area (Å²) in [7, 11) is 8.74. The highest BCUT2D eigenvalue weighted by Crippen LogP contribution is 2.19. The maximum Gasteiger partial charge on any atom is 0.244 e. The van der Waals surface area contributed by atoms with Gasteiger partial charge in [-0.2, -0.15) is 4.98 Å². The molecule has 0 aliphatic heterocycles. The Morgan fingerprint density at radius 3 is 2.75 bits per heavy atom. The summed E-state index contributed by atoms with van der Waals surface area (Å²) in [5, 5.41) is 0.632. The lowest BCUT2D eigenvalue weighted by atomic mass is 9.97. The first-order valence-electron chi connectivity index (χ1n) is 4.72. The molecule has 2 radical (unpaired) electrons. The van der Waals surface area contributed by atoms with Crippen LogP contribution in [0.25, 0.3) is 11.0 Å². The number of hydrogen-bond donors (Lipinski definition) is 0. The van der Waals surface area contributed by atoms with E-state index in [1.54, 1.807) is 14.0 Å². The van der Waals surface area contributed by atoms with Gasteiger partial charge in [0.1, 0.15) is 19.3 Å². The van der Waals surface area contributed by atoms with Crippen molar-refractivity contribution >= 4 is 24.3 Å². The number of aromatic nitrogens is 3. The fraction of sp³-hybridized carbons (Fsp3) is 0.300. The van der Waals surface area contributed by atoms with Crippen LogP contribution in [-0.4, -0.2) is 29.5 Å². The lowest BCUT2D eigenvalue weighted by Crippen LogP contribution is -2.33. The normalized spacial score (nSPS) is 10.7. The number of nitrogens with zero attached hydrogens (tertiary/aromatic N) is 3. The molecule has 0 aliphatic carbocycles. The predicted molar refractivity (Wildman–Crippen MR) is 61.5 cm³/mol. The topological polar surface area (TPSA) is 57.0 Å². The van der Waals surface area contributed by atoms with E-state index in [1.807, 2.05) is 0 Å². The van der Waals surface area contributed by atoms with Crippen molar-refractivity contribution in [1.82, 2.24) is 14.5 Å². The largest absolute Gasteiger partial charge is 0.480 e. The third kappa shape index (κ3) is 1.46. The van der Waals surface area contributed by atoms with Gasteiger partial charge >= 0.3 is 0 Å². The van der Waals surface area contributed by atoms with Gasteiger partial charge in [-0.1, -0.05) is 0 Å². The van der Waals surface area contributed by atoms with E-state index in [2.05, 4.69) is 9.97 Å². The van der Waals surface area contributed by atoms with E-state index in [1.165, 1.54) is 17.7 Å². The zero-order valence-electron chi connectivity index (χ0n) is 9.31. The van der Waals surface area contributed by atoms with Crippen LogP contribution in [-0.2, 0) is 7.05 Å². The molecule has 2 heterocycles. The van der Waals surface area contributed by atoms with Crippen molar-refractivity contribution in [3.05, 3.63) is 22.2 Å². The van der Waals surface area contributed by atoms with Crippen molar-refractivity contribution in [2.24, 2.45) is 7.05 Å². The third-order valence-corrected chi connectivity index (χ3v) is 2.36. The van der Waals surface area contributed by atoms with E-state index in [0.29, 0.717) is 22.7 Å². The molecular formula is C10H10BN3O2. The Morgan fingerprint density at radius 1 is 1.44 bits per heavy atom. The number of ether oxygens (including phenoxy) is 1. The molecular weight excluding hydrogens is 205 g/mol. The second kappa shape index (κ2) is 3.62. The van der Waals surface area contributed by atoms with E-state index >= 15 is 0 Å². The molecule has 0 bridgehead atoms. The second-order valence-corrected chi connectivity index (χ2v) is 3.48. The van der Waals surface area contributed by atoms with Gasteiger partial charge in [0.05, 0.1) is 12.5 Å². The first-order chi connectivity index (χ1) is 7.54. The van der Waals surface area contributed by atoms with Crippen LogP contribution in [0.4, 0.5) is 0 Å². The molecule has 0 fully saturated rings. The molecule has 0 N–H and O–H groups in total. The zero-order valence-corrected chi connectivity index (χ0v) is 9.31.